The zero-order valence-electron chi connectivity index (χ0n) is 15.1. The van der Waals surface area contributed by atoms with Crippen molar-refractivity contribution in [2.24, 2.45) is 0 Å². The molecule has 2 aromatic carbocycles. The number of hydrogen-bond donors (Lipinski definition) is 1. The fourth-order valence-electron chi connectivity index (χ4n) is 3.10. The summed E-state index contributed by atoms with van der Waals surface area (Å²) < 4.78 is 5.68. The van der Waals surface area contributed by atoms with Gasteiger partial charge in [0.1, 0.15) is 5.75 Å². The van der Waals surface area contributed by atoms with Gasteiger partial charge in [-0.25, -0.2) is 4.79 Å². The van der Waals surface area contributed by atoms with E-state index >= 15 is 0 Å². The van der Waals surface area contributed by atoms with Gasteiger partial charge in [-0.15, -0.1) is 0 Å². The normalized spacial score (nSPS) is 13.4. The first-order chi connectivity index (χ1) is 12.4. The lowest BCUT2D eigenvalue weighted by atomic mass is 9.97. The highest BCUT2D eigenvalue weighted by Crippen LogP contribution is 2.22. The molecular weight excluding hydrogens is 330 g/mol. The summed E-state index contributed by atoms with van der Waals surface area (Å²) in [5, 5.41) is 9.13. The summed E-state index contributed by atoms with van der Waals surface area (Å²) in [6.07, 6.45) is 0.726. The summed E-state index contributed by atoms with van der Waals surface area (Å²) in [7, 11) is 0. The van der Waals surface area contributed by atoms with Crippen LogP contribution in [-0.2, 0) is 17.8 Å². The zero-order chi connectivity index (χ0) is 18.7. The molecule has 0 atom stereocenters. The van der Waals surface area contributed by atoms with E-state index in [1.807, 2.05) is 30.3 Å². The molecule has 0 saturated carbocycles. The Balaban J connectivity index is 1.63. The lowest BCUT2D eigenvalue weighted by molar-refractivity contribution is -0.134. The minimum Gasteiger partial charge on any atom is -0.484 e. The molecule has 2 aromatic rings. The first-order valence-electron chi connectivity index (χ1n) is 8.79. The summed E-state index contributed by atoms with van der Waals surface area (Å²) in [5.41, 5.74) is 3.42. The van der Waals surface area contributed by atoms with Crippen LogP contribution < -0.4 is 4.74 Å². The van der Waals surface area contributed by atoms with Crippen molar-refractivity contribution in [3.63, 3.8) is 0 Å². The number of carboxylic acid groups (broad SMARTS) is 1. The first-order valence-corrected chi connectivity index (χ1v) is 8.79. The third-order valence-corrected chi connectivity index (χ3v) is 4.71. The third-order valence-electron chi connectivity index (χ3n) is 4.71. The van der Waals surface area contributed by atoms with Crippen molar-refractivity contribution in [1.29, 1.82) is 0 Å². The maximum Gasteiger partial charge on any atom is 0.335 e. The number of carbonyl (C=O) groups excluding carboxylic acids is 1. The van der Waals surface area contributed by atoms with E-state index in [0.717, 1.165) is 17.5 Å². The molecule has 0 bridgehead atoms. The summed E-state index contributed by atoms with van der Waals surface area (Å²) in [6.45, 7) is 5.25. The fourth-order valence-corrected chi connectivity index (χ4v) is 3.10. The van der Waals surface area contributed by atoms with Gasteiger partial charge in [0.2, 0.25) is 0 Å². The van der Waals surface area contributed by atoms with Crippen molar-refractivity contribution in [2.45, 2.75) is 32.7 Å². The van der Waals surface area contributed by atoms with E-state index < -0.39 is 5.97 Å². The predicted molar refractivity (Wildman–Crippen MR) is 98.5 cm³/mol. The van der Waals surface area contributed by atoms with Crippen molar-refractivity contribution in [2.75, 3.05) is 13.2 Å². The Hall–Kier alpha value is -2.82. The second kappa shape index (κ2) is 7.60. The van der Waals surface area contributed by atoms with Crippen LogP contribution in [0.25, 0.3) is 0 Å². The molecule has 26 heavy (non-hydrogen) atoms. The predicted octanol–water partition coefficient (Wildman–Crippen LogP) is 3.47. The average Bonchev–Trinajstić information content (AvgIpc) is 2.65. The van der Waals surface area contributed by atoms with Gasteiger partial charge in [-0.1, -0.05) is 32.0 Å². The molecule has 0 fully saturated rings. The van der Waals surface area contributed by atoms with Crippen LogP contribution in [0.5, 0.6) is 5.75 Å². The molecule has 0 radical (unpaired) electrons. The Morgan fingerprint density at radius 1 is 1.15 bits per heavy atom. The van der Waals surface area contributed by atoms with Gasteiger partial charge in [0.25, 0.3) is 5.91 Å². The Bertz CT molecular complexity index is 829. The Labute approximate surface area is 153 Å². The molecule has 0 aromatic heterocycles. The quantitative estimate of drug-likeness (QED) is 0.894. The van der Waals surface area contributed by atoms with Crippen molar-refractivity contribution < 1.29 is 19.4 Å². The van der Waals surface area contributed by atoms with Crippen molar-refractivity contribution in [3.8, 4) is 5.75 Å². The maximum atomic E-state index is 12.5. The molecule has 5 heteroatoms. The molecule has 1 heterocycles. The number of nitrogens with zero attached hydrogens (tertiary/aromatic N) is 1. The van der Waals surface area contributed by atoms with E-state index in [1.54, 1.807) is 17.0 Å². The Morgan fingerprint density at radius 2 is 1.96 bits per heavy atom. The van der Waals surface area contributed by atoms with E-state index in [1.165, 1.54) is 5.56 Å². The Kier molecular flexibility index (Phi) is 5.26. The second-order valence-electron chi connectivity index (χ2n) is 6.87. The molecule has 0 unspecified atom stereocenters. The highest BCUT2D eigenvalue weighted by atomic mass is 16.5. The monoisotopic (exact) mass is 353 g/mol. The number of aromatic carboxylic acids is 1. The summed E-state index contributed by atoms with van der Waals surface area (Å²) in [5.74, 6) is 0.0438. The topological polar surface area (TPSA) is 66.8 Å². The number of hydrogen-bond acceptors (Lipinski definition) is 3. The van der Waals surface area contributed by atoms with Crippen LogP contribution in [-0.4, -0.2) is 35.0 Å². The van der Waals surface area contributed by atoms with E-state index in [0.29, 0.717) is 24.8 Å². The number of benzene rings is 2. The van der Waals surface area contributed by atoms with E-state index in [2.05, 4.69) is 13.8 Å². The molecule has 1 N–H and O–H groups in total. The standard InChI is InChI=1S/C21H23NO4/c1-14(2)16-4-3-5-19(11-16)26-13-20(23)22-9-8-15-6-7-17(21(24)25)10-18(15)12-22/h3-7,10-11,14H,8-9,12-13H2,1-2H3,(H,24,25). The molecular formula is C21H23NO4. The molecule has 0 saturated heterocycles. The van der Waals surface area contributed by atoms with Crippen LogP contribution in [0.15, 0.2) is 42.5 Å². The van der Waals surface area contributed by atoms with Gasteiger partial charge in [-0.3, -0.25) is 4.79 Å². The van der Waals surface area contributed by atoms with Gasteiger partial charge >= 0.3 is 5.97 Å². The minimum atomic E-state index is -0.954. The van der Waals surface area contributed by atoms with Crippen molar-refractivity contribution in [3.05, 3.63) is 64.7 Å². The average molecular weight is 353 g/mol. The number of ether oxygens (including phenoxy) is 1. The second-order valence-corrected chi connectivity index (χ2v) is 6.87. The van der Waals surface area contributed by atoms with E-state index in [9.17, 15) is 9.59 Å². The summed E-state index contributed by atoms with van der Waals surface area (Å²) in [6, 6.07) is 12.9. The third kappa shape index (κ3) is 4.04. The molecule has 1 aliphatic rings. The molecule has 0 spiro atoms. The number of carboxylic acids is 1. The number of carbonyl (C=O) groups is 2. The summed E-state index contributed by atoms with van der Waals surface area (Å²) >= 11 is 0. The SMILES string of the molecule is CC(C)c1cccc(OCC(=O)N2CCc3ccc(C(=O)O)cc3C2)c1. The largest absolute Gasteiger partial charge is 0.484 e. The molecule has 5 nitrogen and oxygen atoms in total. The smallest absolute Gasteiger partial charge is 0.335 e. The van der Waals surface area contributed by atoms with Gasteiger partial charge in [-0.2, -0.15) is 0 Å². The molecule has 0 aliphatic carbocycles. The van der Waals surface area contributed by atoms with Crippen LogP contribution in [0.1, 0.15) is 46.8 Å². The van der Waals surface area contributed by atoms with E-state index in [4.69, 9.17) is 9.84 Å². The van der Waals surface area contributed by atoms with E-state index in [-0.39, 0.29) is 18.1 Å². The first kappa shape index (κ1) is 18.0. The molecule has 1 aliphatic heterocycles. The molecule has 136 valence electrons. The maximum absolute atomic E-state index is 12.5. The Morgan fingerprint density at radius 3 is 2.69 bits per heavy atom. The van der Waals surface area contributed by atoms with Crippen LogP contribution >= 0.6 is 0 Å². The van der Waals surface area contributed by atoms with Crippen molar-refractivity contribution in [1.82, 2.24) is 4.90 Å². The fraction of sp³-hybridized carbons (Fsp3) is 0.333. The zero-order valence-corrected chi connectivity index (χ0v) is 15.1. The van der Waals surface area contributed by atoms with Crippen LogP contribution in [0, 0.1) is 0 Å². The highest BCUT2D eigenvalue weighted by Gasteiger charge is 2.22. The van der Waals surface area contributed by atoms with Gasteiger partial charge in [0.15, 0.2) is 6.61 Å². The number of amides is 1. The lowest BCUT2D eigenvalue weighted by Gasteiger charge is -2.29. The molecule has 3 rings (SSSR count). The lowest BCUT2D eigenvalue weighted by Crippen LogP contribution is -2.38. The van der Waals surface area contributed by atoms with Gasteiger partial charge < -0.3 is 14.7 Å². The molecule has 1 amide bonds. The van der Waals surface area contributed by atoms with Crippen LogP contribution in [0.3, 0.4) is 0 Å². The number of rotatable bonds is 5. The van der Waals surface area contributed by atoms with Crippen molar-refractivity contribution >= 4 is 11.9 Å². The van der Waals surface area contributed by atoms with Gasteiger partial charge in [0, 0.05) is 13.1 Å². The van der Waals surface area contributed by atoms with Gasteiger partial charge in [0.05, 0.1) is 5.56 Å². The van der Waals surface area contributed by atoms with Crippen LogP contribution in [0.4, 0.5) is 0 Å². The van der Waals surface area contributed by atoms with Crippen LogP contribution in [0.2, 0.25) is 0 Å². The summed E-state index contributed by atoms with van der Waals surface area (Å²) in [4.78, 5) is 25.4. The highest BCUT2D eigenvalue weighted by molar-refractivity contribution is 5.88. The minimum absolute atomic E-state index is 0.0184. The number of fused-ring (bicyclic) bond motifs is 1. The van der Waals surface area contributed by atoms with Gasteiger partial charge in [-0.05, 0) is 53.3 Å².